The average Bonchev–Trinajstić information content (AvgIpc) is 1.62. The molecule has 5 heteroatoms. The third-order valence-electron chi connectivity index (χ3n) is 1.03. The van der Waals surface area contributed by atoms with Gasteiger partial charge in [-0.3, -0.25) is 0 Å². The van der Waals surface area contributed by atoms with Crippen molar-refractivity contribution in [3.63, 3.8) is 0 Å². The Hall–Kier alpha value is -0.290. The van der Waals surface area contributed by atoms with Gasteiger partial charge in [-0.05, 0) is 6.92 Å². The fourth-order valence-electron chi connectivity index (χ4n) is 0.212. The van der Waals surface area contributed by atoms with Gasteiger partial charge in [0.05, 0.1) is 0 Å². The molecule has 0 aromatic heterocycles. The molecule has 1 atom stereocenters. The first-order chi connectivity index (χ1) is 3.85. The molecule has 0 heterocycles. The zero-order chi connectivity index (χ0) is 7.65. The summed E-state index contributed by atoms with van der Waals surface area (Å²) in [5.41, 5.74) is 0. The number of halogens is 3. The number of hydroxylamine groups is 2. The predicted octanol–water partition coefficient (Wildman–Crippen LogP) is 1.26. The van der Waals surface area contributed by atoms with E-state index in [0.717, 1.165) is 14.0 Å². The topological polar surface area (TPSA) is 23.5 Å². The lowest BCUT2D eigenvalue weighted by molar-refractivity contribution is -0.236. The number of hydrogen-bond acceptors (Lipinski definition) is 2. The molecule has 0 aliphatic heterocycles. The van der Waals surface area contributed by atoms with Gasteiger partial charge in [0.1, 0.15) is 6.04 Å². The normalized spacial score (nSPS) is 16.3. The summed E-state index contributed by atoms with van der Waals surface area (Å²) in [6, 6.07) is -1.79. The molecule has 0 rings (SSSR count). The van der Waals surface area contributed by atoms with Gasteiger partial charge in [0.2, 0.25) is 0 Å². The van der Waals surface area contributed by atoms with Crippen LogP contribution in [0.15, 0.2) is 0 Å². The second-order valence-corrected chi connectivity index (χ2v) is 1.79. The third kappa shape index (κ3) is 2.67. The molecule has 0 unspecified atom stereocenters. The van der Waals surface area contributed by atoms with Crippen molar-refractivity contribution in [1.82, 2.24) is 5.06 Å². The minimum absolute atomic E-state index is 0.125. The molecule has 0 aromatic rings. The summed E-state index contributed by atoms with van der Waals surface area (Å²) in [6.45, 7) is 0.875. The van der Waals surface area contributed by atoms with Gasteiger partial charge in [-0.2, -0.15) is 18.2 Å². The largest absolute Gasteiger partial charge is 0.406 e. The first-order valence-corrected chi connectivity index (χ1v) is 2.34. The van der Waals surface area contributed by atoms with E-state index in [1.807, 2.05) is 0 Å². The Morgan fingerprint density at radius 2 is 1.78 bits per heavy atom. The van der Waals surface area contributed by atoms with Crippen LogP contribution in [0.25, 0.3) is 0 Å². The van der Waals surface area contributed by atoms with E-state index in [2.05, 4.69) is 0 Å². The predicted molar refractivity (Wildman–Crippen MR) is 25.1 cm³/mol. The molecule has 0 radical (unpaired) electrons. The zero-order valence-electron chi connectivity index (χ0n) is 5.11. The van der Waals surface area contributed by atoms with Crippen molar-refractivity contribution >= 4 is 0 Å². The maximum atomic E-state index is 11.5. The van der Waals surface area contributed by atoms with Gasteiger partial charge >= 0.3 is 6.18 Å². The molecule has 0 fully saturated rings. The van der Waals surface area contributed by atoms with E-state index in [-0.39, 0.29) is 5.06 Å². The van der Waals surface area contributed by atoms with Crippen molar-refractivity contribution in [2.24, 2.45) is 0 Å². The van der Waals surface area contributed by atoms with Gasteiger partial charge in [-0.25, -0.2) is 0 Å². The first-order valence-electron chi connectivity index (χ1n) is 2.34. The summed E-state index contributed by atoms with van der Waals surface area (Å²) in [6.07, 6.45) is -4.34. The first kappa shape index (κ1) is 8.71. The highest BCUT2D eigenvalue weighted by atomic mass is 19.4. The Kier molecular flexibility index (Phi) is 2.45. The van der Waals surface area contributed by atoms with E-state index >= 15 is 0 Å². The highest BCUT2D eigenvalue weighted by Gasteiger charge is 2.38. The molecule has 1 N–H and O–H groups in total. The van der Waals surface area contributed by atoms with Crippen molar-refractivity contribution in [2.75, 3.05) is 7.05 Å². The smallest absolute Gasteiger partial charge is 0.314 e. The van der Waals surface area contributed by atoms with Crippen LogP contribution in [0, 0.1) is 0 Å². The number of rotatable bonds is 1. The average molecular weight is 143 g/mol. The molecule has 0 aliphatic rings. The van der Waals surface area contributed by atoms with Crippen LogP contribution in [-0.2, 0) is 0 Å². The molecule has 9 heavy (non-hydrogen) atoms. The summed E-state index contributed by atoms with van der Waals surface area (Å²) < 4.78 is 34.5. The molecule has 0 saturated carbocycles. The lowest BCUT2D eigenvalue weighted by Gasteiger charge is -2.20. The van der Waals surface area contributed by atoms with Gasteiger partial charge in [0.15, 0.2) is 0 Å². The summed E-state index contributed by atoms with van der Waals surface area (Å²) >= 11 is 0. The number of hydrogen-bond donors (Lipinski definition) is 1. The van der Waals surface area contributed by atoms with Gasteiger partial charge in [-0.1, -0.05) is 0 Å². The van der Waals surface area contributed by atoms with Crippen molar-refractivity contribution in [3.8, 4) is 0 Å². The van der Waals surface area contributed by atoms with Gasteiger partial charge < -0.3 is 5.21 Å². The van der Waals surface area contributed by atoms with E-state index in [0.29, 0.717) is 0 Å². The second kappa shape index (κ2) is 2.53. The Balaban J connectivity index is 3.88. The highest BCUT2D eigenvalue weighted by molar-refractivity contribution is 4.64. The van der Waals surface area contributed by atoms with Crippen LogP contribution < -0.4 is 0 Å². The Bertz CT molecular complexity index is 90.3. The van der Waals surface area contributed by atoms with Gasteiger partial charge in [0.25, 0.3) is 0 Å². The van der Waals surface area contributed by atoms with E-state index in [4.69, 9.17) is 5.21 Å². The Labute approximate surface area is 50.8 Å². The van der Waals surface area contributed by atoms with Crippen molar-refractivity contribution in [1.29, 1.82) is 0 Å². The zero-order valence-corrected chi connectivity index (χ0v) is 5.11. The molecule has 0 bridgehead atoms. The molecule has 0 aliphatic carbocycles. The van der Waals surface area contributed by atoms with Crippen LogP contribution in [0.3, 0.4) is 0 Å². The third-order valence-corrected chi connectivity index (χ3v) is 1.03. The van der Waals surface area contributed by atoms with Crippen LogP contribution in [0.4, 0.5) is 13.2 Å². The molecule has 0 amide bonds. The van der Waals surface area contributed by atoms with E-state index in [9.17, 15) is 13.2 Å². The maximum absolute atomic E-state index is 11.5. The van der Waals surface area contributed by atoms with Gasteiger partial charge in [-0.15, -0.1) is 0 Å². The molecule has 0 saturated heterocycles. The molecular weight excluding hydrogens is 135 g/mol. The lowest BCUT2D eigenvalue weighted by Crippen LogP contribution is -2.38. The molecule has 2 nitrogen and oxygen atoms in total. The van der Waals surface area contributed by atoms with Crippen molar-refractivity contribution in [2.45, 2.75) is 19.1 Å². The van der Waals surface area contributed by atoms with E-state index in [1.165, 1.54) is 0 Å². The summed E-state index contributed by atoms with van der Waals surface area (Å²) in [5.74, 6) is 0. The second-order valence-electron chi connectivity index (χ2n) is 1.79. The number of nitrogens with zero attached hydrogens (tertiary/aromatic N) is 1. The van der Waals surface area contributed by atoms with Crippen molar-refractivity contribution in [3.05, 3.63) is 0 Å². The Morgan fingerprint density at radius 1 is 1.44 bits per heavy atom. The van der Waals surface area contributed by atoms with Crippen LogP contribution in [-0.4, -0.2) is 29.5 Å². The highest BCUT2D eigenvalue weighted by Crippen LogP contribution is 2.22. The van der Waals surface area contributed by atoms with Crippen molar-refractivity contribution < 1.29 is 18.4 Å². The molecule has 0 spiro atoms. The summed E-state index contributed by atoms with van der Waals surface area (Å²) in [4.78, 5) is 0. The standard InChI is InChI=1S/C4H8F3NO/c1-3(8(2)9)4(5,6)7/h3,9H,1-2H3/t3-/m0/s1. The lowest BCUT2D eigenvalue weighted by atomic mass is 10.3. The Morgan fingerprint density at radius 3 is 1.78 bits per heavy atom. The monoisotopic (exact) mass is 143 g/mol. The summed E-state index contributed by atoms with van der Waals surface area (Å²) in [7, 11) is 0.957. The number of alkyl halides is 3. The molecule has 0 aromatic carbocycles. The van der Waals surface area contributed by atoms with Crippen LogP contribution in [0.2, 0.25) is 0 Å². The van der Waals surface area contributed by atoms with E-state index in [1.54, 1.807) is 0 Å². The fraction of sp³-hybridized carbons (Fsp3) is 1.00. The van der Waals surface area contributed by atoms with Crippen LogP contribution >= 0.6 is 0 Å². The fourth-order valence-corrected chi connectivity index (χ4v) is 0.212. The van der Waals surface area contributed by atoms with Crippen LogP contribution in [0.5, 0.6) is 0 Å². The minimum atomic E-state index is -4.34. The minimum Gasteiger partial charge on any atom is -0.314 e. The van der Waals surface area contributed by atoms with Gasteiger partial charge in [0, 0.05) is 7.05 Å². The maximum Gasteiger partial charge on any atom is 0.406 e. The quantitative estimate of drug-likeness (QED) is 0.558. The summed E-state index contributed by atoms with van der Waals surface area (Å²) in [5, 5.41) is 8.39. The van der Waals surface area contributed by atoms with E-state index < -0.39 is 12.2 Å². The molecular formula is C4H8F3NO. The van der Waals surface area contributed by atoms with Crippen LogP contribution in [0.1, 0.15) is 6.92 Å². The SMILES string of the molecule is C[C@H](N(C)O)C(F)(F)F. The molecule has 56 valence electrons.